The first kappa shape index (κ1) is 21.6. The van der Waals surface area contributed by atoms with Crippen molar-refractivity contribution in [3.05, 3.63) is 52.1 Å². The molecule has 2 aliphatic rings. The first-order valence-electron chi connectivity index (χ1n) is 10.4. The summed E-state index contributed by atoms with van der Waals surface area (Å²) in [6.07, 6.45) is 2.13. The first-order chi connectivity index (χ1) is 14.7. The van der Waals surface area contributed by atoms with Crippen molar-refractivity contribution < 1.29 is 24.2 Å². The summed E-state index contributed by atoms with van der Waals surface area (Å²) >= 11 is 1.04. The van der Waals surface area contributed by atoms with Gasteiger partial charge in [0.2, 0.25) is 5.91 Å². The standard InChI is InChI=1S/C24H27NO5S/c1-13-14(2)21-18(15(3)20(13)26)9-10-24(4,30-21)12-29-17-7-5-16(6-8-17)11-19-22(27)25-23(28)31-19/h5-8,19,26H,9-12H2,1-4H3,(H,25,27,28)/t19?,24-/m1/s1. The van der Waals surface area contributed by atoms with Crippen LogP contribution >= 0.6 is 11.8 Å². The highest BCUT2D eigenvalue weighted by molar-refractivity contribution is 8.15. The van der Waals surface area contributed by atoms with E-state index in [4.69, 9.17) is 9.47 Å². The zero-order chi connectivity index (χ0) is 22.3. The molecule has 2 atom stereocenters. The normalized spacial score (nSPS) is 22.6. The molecule has 6 nitrogen and oxygen atoms in total. The summed E-state index contributed by atoms with van der Waals surface area (Å²) in [5, 5.41) is 12.0. The molecule has 2 aromatic carbocycles. The number of nitrogens with one attached hydrogen (secondary N) is 1. The Morgan fingerprint density at radius 3 is 2.52 bits per heavy atom. The average molecular weight is 442 g/mol. The topological polar surface area (TPSA) is 84.9 Å². The molecule has 0 aromatic heterocycles. The number of carbonyl (C=O) groups is 2. The molecule has 2 amide bonds. The third-order valence-corrected chi connectivity index (χ3v) is 7.23. The molecule has 1 saturated heterocycles. The van der Waals surface area contributed by atoms with E-state index in [0.29, 0.717) is 18.8 Å². The van der Waals surface area contributed by atoms with Crippen LogP contribution in [0.2, 0.25) is 0 Å². The minimum Gasteiger partial charge on any atom is -0.507 e. The van der Waals surface area contributed by atoms with Gasteiger partial charge in [0.15, 0.2) is 0 Å². The van der Waals surface area contributed by atoms with Crippen molar-refractivity contribution in [3.63, 3.8) is 0 Å². The summed E-state index contributed by atoms with van der Waals surface area (Å²) in [4.78, 5) is 23.0. The number of fused-ring (bicyclic) bond motifs is 1. The maximum Gasteiger partial charge on any atom is 0.286 e. The molecule has 2 aliphatic heterocycles. The summed E-state index contributed by atoms with van der Waals surface area (Å²) in [6, 6.07) is 7.61. The van der Waals surface area contributed by atoms with Gasteiger partial charge in [0.05, 0.1) is 5.25 Å². The number of aromatic hydroxyl groups is 1. The van der Waals surface area contributed by atoms with Crippen molar-refractivity contribution in [2.75, 3.05) is 6.61 Å². The second kappa shape index (κ2) is 8.11. The molecular weight excluding hydrogens is 414 g/mol. The number of ether oxygens (including phenoxy) is 2. The molecule has 4 rings (SSSR count). The Balaban J connectivity index is 1.41. The van der Waals surface area contributed by atoms with E-state index in [2.05, 4.69) is 5.32 Å². The minimum atomic E-state index is -0.467. The van der Waals surface area contributed by atoms with Gasteiger partial charge in [0.1, 0.15) is 29.5 Å². The van der Waals surface area contributed by atoms with Crippen LogP contribution in [0, 0.1) is 20.8 Å². The summed E-state index contributed by atoms with van der Waals surface area (Å²) in [6.45, 7) is 8.28. The summed E-state index contributed by atoms with van der Waals surface area (Å²) in [5.74, 6) is 1.72. The molecule has 0 bridgehead atoms. The van der Waals surface area contributed by atoms with Crippen LogP contribution < -0.4 is 14.8 Å². The first-order valence-corrected chi connectivity index (χ1v) is 11.3. The van der Waals surface area contributed by atoms with Crippen LogP contribution in [0.3, 0.4) is 0 Å². The van der Waals surface area contributed by atoms with Crippen molar-refractivity contribution in [1.29, 1.82) is 0 Å². The third kappa shape index (κ3) is 4.24. The van der Waals surface area contributed by atoms with Crippen molar-refractivity contribution in [3.8, 4) is 17.2 Å². The van der Waals surface area contributed by atoms with Gasteiger partial charge in [-0.05, 0) is 81.3 Å². The van der Waals surface area contributed by atoms with Gasteiger partial charge in [-0.1, -0.05) is 23.9 Å². The van der Waals surface area contributed by atoms with E-state index in [1.54, 1.807) is 0 Å². The molecule has 1 unspecified atom stereocenters. The van der Waals surface area contributed by atoms with Gasteiger partial charge in [-0.15, -0.1) is 0 Å². The molecule has 164 valence electrons. The largest absolute Gasteiger partial charge is 0.507 e. The predicted molar refractivity (Wildman–Crippen MR) is 120 cm³/mol. The fourth-order valence-electron chi connectivity index (χ4n) is 4.10. The molecule has 2 heterocycles. The SMILES string of the molecule is Cc1c(C)c2c(c(C)c1O)CC[C@](C)(COc1ccc(CC3SC(=O)NC3=O)cc1)O2. The van der Waals surface area contributed by atoms with E-state index in [1.807, 2.05) is 52.0 Å². The van der Waals surface area contributed by atoms with Crippen LogP contribution in [0.1, 0.15) is 41.2 Å². The number of carbonyl (C=O) groups excluding carboxylic acids is 2. The summed E-state index contributed by atoms with van der Waals surface area (Å²) in [7, 11) is 0. The van der Waals surface area contributed by atoms with Gasteiger partial charge < -0.3 is 14.6 Å². The molecule has 1 fully saturated rings. The second-order valence-corrected chi connectivity index (χ2v) is 9.78. The predicted octanol–water partition coefficient (Wildman–Crippen LogP) is 4.37. The van der Waals surface area contributed by atoms with E-state index in [9.17, 15) is 14.7 Å². The summed E-state index contributed by atoms with van der Waals surface area (Å²) < 4.78 is 12.4. The Labute approximate surface area is 186 Å². The number of imide groups is 1. The lowest BCUT2D eigenvalue weighted by Gasteiger charge is -2.37. The highest BCUT2D eigenvalue weighted by Gasteiger charge is 2.35. The quantitative estimate of drug-likeness (QED) is 0.717. The van der Waals surface area contributed by atoms with Crippen LogP contribution in [0.4, 0.5) is 4.79 Å². The Kier molecular flexibility index (Phi) is 5.64. The molecule has 7 heteroatoms. The van der Waals surface area contributed by atoms with Crippen LogP contribution in [-0.4, -0.2) is 33.7 Å². The molecule has 0 radical (unpaired) electrons. The van der Waals surface area contributed by atoms with Crippen molar-refractivity contribution in [2.24, 2.45) is 0 Å². The Bertz CT molecular complexity index is 1050. The fourth-order valence-corrected chi connectivity index (χ4v) is 4.96. The van der Waals surface area contributed by atoms with Gasteiger partial charge in [0.25, 0.3) is 5.24 Å². The van der Waals surface area contributed by atoms with E-state index in [1.165, 1.54) is 0 Å². The number of hydrogen-bond donors (Lipinski definition) is 2. The number of amides is 2. The smallest absolute Gasteiger partial charge is 0.286 e. The lowest BCUT2D eigenvalue weighted by Crippen LogP contribution is -2.42. The Hall–Kier alpha value is -2.67. The minimum absolute atomic E-state index is 0.230. The van der Waals surface area contributed by atoms with Crippen LogP contribution in [-0.2, 0) is 17.6 Å². The van der Waals surface area contributed by atoms with Gasteiger partial charge in [-0.2, -0.15) is 0 Å². The number of phenols is 1. The monoisotopic (exact) mass is 441 g/mol. The Morgan fingerprint density at radius 1 is 1.16 bits per heavy atom. The van der Waals surface area contributed by atoms with Crippen LogP contribution in [0.25, 0.3) is 0 Å². The van der Waals surface area contributed by atoms with Gasteiger partial charge >= 0.3 is 0 Å². The Morgan fingerprint density at radius 2 is 1.87 bits per heavy atom. The zero-order valence-electron chi connectivity index (χ0n) is 18.2. The highest BCUT2D eigenvalue weighted by atomic mass is 32.2. The molecule has 0 spiro atoms. The molecule has 2 aromatic rings. The maximum atomic E-state index is 11.7. The van der Waals surface area contributed by atoms with E-state index < -0.39 is 5.60 Å². The van der Waals surface area contributed by atoms with E-state index >= 15 is 0 Å². The lowest BCUT2D eigenvalue weighted by atomic mass is 9.87. The number of benzene rings is 2. The fraction of sp³-hybridized carbons (Fsp3) is 0.417. The molecule has 0 aliphatic carbocycles. The van der Waals surface area contributed by atoms with Crippen molar-refractivity contribution >= 4 is 22.9 Å². The lowest BCUT2D eigenvalue weighted by molar-refractivity contribution is -0.118. The van der Waals surface area contributed by atoms with Gasteiger partial charge in [-0.25, -0.2) is 0 Å². The maximum absolute atomic E-state index is 11.7. The highest BCUT2D eigenvalue weighted by Crippen LogP contribution is 2.43. The zero-order valence-corrected chi connectivity index (χ0v) is 19.0. The van der Waals surface area contributed by atoms with Gasteiger partial charge in [-0.3, -0.25) is 14.9 Å². The molecular formula is C24H27NO5S. The van der Waals surface area contributed by atoms with Crippen LogP contribution in [0.15, 0.2) is 24.3 Å². The van der Waals surface area contributed by atoms with E-state index in [0.717, 1.165) is 63.9 Å². The molecule has 0 saturated carbocycles. The van der Waals surface area contributed by atoms with Gasteiger partial charge in [0, 0.05) is 5.56 Å². The average Bonchev–Trinajstić information content (AvgIpc) is 3.06. The molecule has 31 heavy (non-hydrogen) atoms. The number of rotatable bonds is 5. The molecule has 2 N–H and O–H groups in total. The van der Waals surface area contributed by atoms with Crippen molar-refractivity contribution in [1.82, 2.24) is 5.32 Å². The summed E-state index contributed by atoms with van der Waals surface area (Å²) in [5.41, 5.74) is 4.31. The number of hydrogen-bond acceptors (Lipinski definition) is 6. The van der Waals surface area contributed by atoms with Crippen molar-refractivity contribution in [2.45, 2.75) is 57.8 Å². The number of phenolic OH excluding ortho intramolecular Hbond substituents is 1. The van der Waals surface area contributed by atoms with E-state index in [-0.39, 0.29) is 16.4 Å². The number of thioether (sulfide) groups is 1. The second-order valence-electron chi connectivity index (χ2n) is 8.60. The van der Waals surface area contributed by atoms with Crippen LogP contribution in [0.5, 0.6) is 17.2 Å². The third-order valence-electron chi connectivity index (χ3n) is 6.25.